The Hall–Kier alpha value is -2.48. The summed E-state index contributed by atoms with van der Waals surface area (Å²) < 4.78 is 41.4. The monoisotopic (exact) mass is 375 g/mol. The fourth-order valence-corrected chi connectivity index (χ4v) is 3.66. The summed E-state index contributed by atoms with van der Waals surface area (Å²) in [5.74, 6) is 0. The molecule has 27 heavy (non-hydrogen) atoms. The SMILES string of the molecule is CCc1cc(C(F)(F)F)n2nc([C@@H]3CCCN3Cc3ccncc3)cc2n1. The Morgan fingerprint density at radius 2 is 1.96 bits per heavy atom. The van der Waals surface area contributed by atoms with E-state index in [0.29, 0.717) is 17.8 Å². The van der Waals surface area contributed by atoms with Gasteiger partial charge in [-0.1, -0.05) is 6.92 Å². The Morgan fingerprint density at radius 3 is 2.67 bits per heavy atom. The van der Waals surface area contributed by atoms with E-state index in [2.05, 4.69) is 20.0 Å². The largest absolute Gasteiger partial charge is 0.433 e. The van der Waals surface area contributed by atoms with Gasteiger partial charge in [0.05, 0.1) is 11.7 Å². The second-order valence-corrected chi connectivity index (χ2v) is 6.81. The van der Waals surface area contributed by atoms with Crippen LogP contribution in [0.2, 0.25) is 0 Å². The number of rotatable bonds is 4. The molecule has 3 aromatic rings. The molecule has 1 fully saturated rings. The minimum atomic E-state index is -4.47. The topological polar surface area (TPSA) is 46.3 Å². The van der Waals surface area contributed by atoms with Crippen LogP contribution in [0.15, 0.2) is 36.7 Å². The van der Waals surface area contributed by atoms with Crippen LogP contribution < -0.4 is 0 Å². The molecule has 0 aromatic carbocycles. The number of likely N-dealkylation sites (tertiary alicyclic amines) is 1. The maximum atomic E-state index is 13.5. The number of alkyl halides is 3. The third-order valence-electron chi connectivity index (χ3n) is 4.99. The number of aromatic nitrogens is 4. The third kappa shape index (κ3) is 3.53. The van der Waals surface area contributed by atoms with Crippen molar-refractivity contribution < 1.29 is 13.2 Å². The summed E-state index contributed by atoms with van der Waals surface area (Å²) in [5, 5.41) is 4.31. The van der Waals surface area contributed by atoms with E-state index < -0.39 is 11.9 Å². The molecule has 0 bridgehead atoms. The number of aryl methyl sites for hydroxylation is 1. The van der Waals surface area contributed by atoms with Gasteiger partial charge in [-0.25, -0.2) is 9.50 Å². The molecular weight excluding hydrogens is 355 g/mol. The summed E-state index contributed by atoms with van der Waals surface area (Å²) in [5.41, 5.74) is 1.68. The molecule has 0 saturated carbocycles. The zero-order valence-electron chi connectivity index (χ0n) is 14.9. The van der Waals surface area contributed by atoms with Gasteiger partial charge in [-0.15, -0.1) is 0 Å². The second kappa shape index (κ2) is 6.92. The molecule has 3 aromatic heterocycles. The van der Waals surface area contributed by atoms with Gasteiger partial charge in [0.2, 0.25) is 0 Å². The van der Waals surface area contributed by atoms with Gasteiger partial charge in [-0.05, 0) is 49.6 Å². The van der Waals surface area contributed by atoms with Crippen LogP contribution in [0.3, 0.4) is 0 Å². The summed E-state index contributed by atoms with van der Waals surface area (Å²) in [6, 6.07) is 6.69. The summed E-state index contributed by atoms with van der Waals surface area (Å²) >= 11 is 0. The van der Waals surface area contributed by atoms with Crippen LogP contribution in [-0.4, -0.2) is 31.0 Å². The molecule has 4 heterocycles. The van der Waals surface area contributed by atoms with E-state index in [4.69, 9.17) is 0 Å². The van der Waals surface area contributed by atoms with Crippen molar-refractivity contribution in [2.45, 2.75) is 44.9 Å². The van der Waals surface area contributed by atoms with Crippen molar-refractivity contribution in [3.05, 3.63) is 59.3 Å². The predicted octanol–water partition coefficient (Wildman–Crippen LogP) is 4.04. The summed E-state index contributed by atoms with van der Waals surface area (Å²) in [6.45, 7) is 3.41. The number of hydrogen-bond donors (Lipinski definition) is 0. The average molecular weight is 375 g/mol. The van der Waals surface area contributed by atoms with E-state index in [-0.39, 0.29) is 11.7 Å². The Labute approximate surface area is 154 Å². The first-order valence-corrected chi connectivity index (χ1v) is 9.05. The quantitative estimate of drug-likeness (QED) is 0.690. The van der Waals surface area contributed by atoms with Crippen molar-refractivity contribution in [2.24, 2.45) is 0 Å². The molecule has 0 aliphatic carbocycles. The second-order valence-electron chi connectivity index (χ2n) is 6.81. The lowest BCUT2D eigenvalue weighted by molar-refractivity contribution is -0.142. The van der Waals surface area contributed by atoms with Gasteiger partial charge in [-0.2, -0.15) is 18.3 Å². The van der Waals surface area contributed by atoms with Gasteiger partial charge in [0, 0.05) is 30.7 Å². The van der Waals surface area contributed by atoms with Crippen molar-refractivity contribution in [2.75, 3.05) is 6.54 Å². The van der Waals surface area contributed by atoms with Gasteiger partial charge in [-0.3, -0.25) is 9.88 Å². The fraction of sp³-hybridized carbons (Fsp3) is 0.421. The van der Waals surface area contributed by atoms with Crippen LogP contribution in [-0.2, 0) is 19.1 Å². The molecule has 1 aliphatic rings. The number of fused-ring (bicyclic) bond motifs is 1. The van der Waals surface area contributed by atoms with Gasteiger partial charge in [0.25, 0.3) is 0 Å². The van der Waals surface area contributed by atoms with E-state index in [1.807, 2.05) is 12.1 Å². The highest BCUT2D eigenvalue weighted by Crippen LogP contribution is 2.35. The average Bonchev–Trinajstić information content (AvgIpc) is 3.26. The molecule has 1 atom stereocenters. The van der Waals surface area contributed by atoms with E-state index in [0.717, 1.165) is 42.1 Å². The van der Waals surface area contributed by atoms with Crippen LogP contribution in [0, 0.1) is 0 Å². The van der Waals surface area contributed by atoms with Gasteiger partial charge >= 0.3 is 6.18 Å². The summed E-state index contributed by atoms with van der Waals surface area (Å²) in [6.07, 6.45) is 1.33. The van der Waals surface area contributed by atoms with Crippen LogP contribution in [0.1, 0.15) is 48.5 Å². The third-order valence-corrected chi connectivity index (χ3v) is 4.99. The standard InChI is InChI=1S/C19H20F3N5/c1-2-14-10-17(19(20,21)22)27-18(24-14)11-15(25-27)16-4-3-9-26(16)12-13-5-7-23-8-6-13/h5-8,10-11,16H,2-4,9,12H2,1H3/t16-/m0/s1. The first kappa shape index (κ1) is 17.9. The maximum Gasteiger partial charge on any atom is 0.433 e. The predicted molar refractivity (Wildman–Crippen MR) is 94.0 cm³/mol. The molecular formula is C19H20F3N5. The minimum Gasteiger partial charge on any atom is -0.290 e. The molecule has 142 valence electrons. The smallest absolute Gasteiger partial charge is 0.290 e. The lowest BCUT2D eigenvalue weighted by atomic mass is 10.1. The molecule has 0 N–H and O–H groups in total. The molecule has 4 rings (SSSR count). The molecule has 0 amide bonds. The van der Waals surface area contributed by atoms with Crippen LogP contribution in [0.4, 0.5) is 13.2 Å². The van der Waals surface area contributed by atoms with Crippen molar-refractivity contribution in [1.29, 1.82) is 0 Å². The van der Waals surface area contributed by atoms with Crippen molar-refractivity contribution >= 4 is 5.65 Å². The zero-order valence-corrected chi connectivity index (χ0v) is 14.9. The van der Waals surface area contributed by atoms with E-state index in [9.17, 15) is 13.2 Å². The van der Waals surface area contributed by atoms with Crippen molar-refractivity contribution in [3.63, 3.8) is 0 Å². The minimum absolute atomic E-state index is 0.00831. The van der Waals surface area contributed by atoms with Gasteiger partial charge < -0.3 is 0 Å². The number of hydrogen-bond acceptors (Lipinski definition) is 4. The number of nitrogens with zero attached hydrogens (tertiary/aromatic N) is 5. The molecule has 0 radical (unpaired) electrons. The van der Waals surface area contributed by atoms with Crippen LogP contribution in [0.25, 0.3) is 5.65 Å². The van der Waals surface area contributed by atoms with Crippen LogP contribution in [0.5, 0.6) is 0 Å². The van der Waals surface area contributed by atoms with E-state index >= 15 is 0 Å². The number of pyridine rings is 1. The number of halogens is 3. The Kier molecular flexibility index (Phi) is 4.59. The molecule has 1 saturated heterocycles. The van der Waals surface area contributed by atoms with Crippen molar-refractivity contribution in [3.8, 4) is 0 Å². The van der Waals surface area contributed by atoms with Gasteiger partial charge in [0.1, 0.15) is 5.69 Å². The Bertz CT molecular complexity index is 936. The fourth-order valence-electron chi connectivity index (χ4n) is 3.66. The Balaban J connectivity index is 1.71. The normalized spacial score (nSPS) is 18.4. The first-order valence-electron chi connectivity index (χ1n) is 9.05. The lowest BCUT2D eigenvalue weighted by Crippen LogP contribution is -2.23. The summed E-state index contributed by atoms with van der Waals surface area (Å²) in [7, 11) is 0. The van der Waals surface area contributed by atoms with Crippen molar-refractivity contribution in [1.82, 2.24) is 24.5 Å². The molecule has 0 spiro atoms. The highest BCUT2D eigenvalue weighted by Gasteiger charge is 2.36. The highest BCUT2D eigenvalue weighted by atomic mass is 19.4. The lowest BCUT2D eigenvalue weighted by Gasteiger charge is -2.22. The molecule has 8 heteroatoms. The Morgan fingerprint density at radius 1 is 1.19 bits per heavy atom. The molecule has 0 unspecified atom stereocenters. The molecule has 5 nitrogen and oxygen atoms in total. The van der Waals surface area contributed by atoms with E-state index in [1.165, 1.54) is 0 Å². The summed E-state index contributed by atoms with van der Waals surface area (Å²) in [4.78, 5) is 10.6. The maximum absolute atomic E-state index is 13.5. The van der Waals surface area contributed by atoms with Crippen LogP contribution >= 0.6 is 0 Å². The van der Waals surface area contributed by atoms with Gasteiger partial charge in [0.15, 0.2) is 5.65 Å². The first-order chi connectivity index (χ1) is 13.0. The highest BCUT2D eigenvalue weighted by molar-refractivity contribution is 5.43. The van der Waals surface area contributed by atoms with E-state index in [1.54, 1.807) is 25.4 Å². The zero-order chi connectivity index (χ0) is 19.0. The molecule has 1 aliphatic heterocycles.